The number of esters is 1. The zero-order chi connectivity index (χ0) is 23.3. The van der Waals surface area contributed by atoms with Crippen LogP contribution in [0.25, 0.3) is 10.1 Å². The minimum absolute atomic E-state index is 0.131. The smallest absolute Gasteiger partial charge is 0.349 e. The second kappa shape index (κ2) is 11.3. The Balaban J connectivity index is 0.00000218. The molecule has 170 valence electrons. The van der Waals surface area contributed by atoms with Crippen LogP contribution in [0.3, 0.4) is 0 Å². The summed E-state index contributed by atoms with van der Waals surface area (Å²) in [6.07, 6.45) is 0. The molecular weight excluding hydrogens is 497 g/mol. The molecule has 1 aromatic heterocycles. The summed E-state index contributed by atoms with van der Waals surface area (Å²) in [7, 11) is -2.43. The van der Waals surface area contributed by atoms with Crippen molar-refractivity contribution in [2.45, 2.75) is 66.7 Å². The van der Waals surface area contributed by atoms with Gasteiger partial charge in [0, 0.05) is 14.6 Å². The molecule has 0 N–H and O–H groups in total. The first kappa shape index (κ1) is 27.4. The topological polar surface area (TPSA) is 44.8 Å². The van der Waals surface area contributed by atoms with Crippen LogP contribution in [0.1, 0.15) is 69.3 Å². The predicted octanol–water partition coefficient (Wildman–Crippen LogP) is 8.39. The van der Waals surface area contributed by atoms with E-state index in [0.717, 1.165) is 16.9 Å². The number of carbonyl (C=O) groups excluding carboxylic acids is 1. The average molecular weight is 527 g/mol. The number of hydrogen-bond acceptors (Lipinski definition) is 5. The van der Waals surface area contributed by atoms with Gasteiger partial charge in [0.2, 0.25) is 0 Å². The number of ether oxygens (including phenoxy) is 1. The molecule has 0 bridgehead atoms. The summed E-state index contributed by atoms with van der Waals surface area (Å²) in [5, 5.41) is 0.545. The van der Waals surface area contributed by atoms with Gasteiger partial charge in [-0.25, -0.2) is 4.79 Å². The lowest BCUT2D eigenvalue weighted by molar-refractivity contribution is 0.00695. The van der Waals surface area contributed by atoms with Crippen molar-refractivity contribution in [2.24, 2.45) is 0 Å². The Morgan fingerprint density at radius 2 is 1.67 bits per heavy atom. The highest BCUT2D eigenvalue weighted by atomic mass is 79.9. The van der Waals surface area contributed by atoms with E-state index in [9.17, 15) is 4.79 Å². The molecule has 30 heavy (non-hydrogen) atoms. The van der Waals surface area contributed by atoms with Gasteiger partial charge < -0.3 is 13.8 Å². The van der Waals surface area contributed by atoms with Crippen molar-refractivity contribution in [3.8, 4) is 0 Å². The molecule has 0 atom stereocenters. The highest BCUT2D eigenvalue weighted by Crippen LogP contribution is 2.63. The molecule has 0 saturated carbocycles. The second-order valence-corrected chi connectivity index (χ2v) is 10.5. The Kier molecular flexibility index (Phi) is 10.3. The van der Waals surface area contributed by atoms with Gasteiger partial charge >= 0.3 is 11.6 Å². The van der Waals surface area contributed by atoms with E-state index >= 15 is 8.78 Å². The lowest BCUT2D eigenvalue weighted by Crippen LogP contribution is -2.23. The normalized spacial score (nSPS) is 12.1. The van der Waals surface area contributed by atoms with Crippen molar-refractivity contribution in [2.75, 3.05) is 13.2 Å². The molecule has 0 saturated heterocycles. The number of carbonyl (C=O) groups is 1. The molecule has 9 heteroatoms. The summed E-state index contributed by atoms with van der Waals surface area (Å²) in [5.74, 6) is -0.491. The fourth-order valence-electron chi connectivity index (χ4n) is 2.51. The van der Waals surface area contributed by atoms with Gasteiger partial charge in [0.15, 0.2) is 0 Å². The molecule has 0 aliphatic rings. The molecule has 0 fully saturated rings. The predicted molar refractivity (Wildman–Crippen MR) is 125 cm³/mol. The van der Waals surface area contributed by atoms with Crippen LogP contribution in [0.4, 0.5) is 8.78 Å². The van der Waals surface area contributed by atoms with Crippen LogP contribution >= 0.6 is 35.6 Å². The number of aryl methyl sites for hydroxylation is 1. The van der Waals surface area contributed by atoms with Gasteiger partial charge in [-0.3, -0.25) is 0 Å². The fourth-order valence-corrected chi connectivity index (χ4v) is 6.12. The van der Waals surface area contributed by atoms with Gasteiger partial charge in [-0.2, -0.15) is 8.78 Å². The number of thiophene rings is 1. The van der Waals surface area contributed by atoms with Crippen LogP contribution in [-0.2, 0) is 19.4 Å². The van der Waals surface area contributed by atoms with Gasteiger partial charge in [-0.1, -0.05) is 13.8 Å². The molecule has 0 unspecified atom stereocenters. The van der Waals surface area contributed by atoms with Gasteiger partial charge in [-0.15, -0.1) is 11.3 Å². The number of fused-ring (bicyclic) bond motifs is 1. The third kappa shape index (κ3) is 6.42. The molecule has 1 heterocycles. The van der Waals surface area contributed by atoms with Crippen molar-refractivity contribution in [3.05, 3.63) is 32.6 Å². The number of benzene rings is 1. The van der Waals surface area contributed by atoms with E-state index in [-0.39, 0.29) is 22.6 Å². The third-order valence-electron chi connectivity index (χ3n) is 3.54. The van der Waals surface area contributed by atoms with Crippen molar-refractivity contribution in [1.29, 1.82) is 0 Å². The summed E-state index contributed by atoms with van der Waals surface area (Å²) >= 11 is 4.29. The Morgan fingerprint density at radius 3 is 2.13 bits per heavy atom. The van der Waals surface area contributed by atoms with E-state index in [1.807, 2.05) is 13.8 Å². The summed E-state index contributed by atoms with van der Waals surface area (Å²) in [4.78, 5) is 12.3. The maximum atomic E-state index is 15.2. The van der Waals surface area contributed by atoms with Crippen LogP contribution < -0.4 is 0 Å². The molecule has 0 spiro atoms. The number of alkyl halides is 2. The molecule has 0 radical (unpaired) electrons. The summed E-state index contributed by atoms with van der Waals surface area (Å²) < 4.78 is 47.1. The molecule has 0 amide bonds. The van der Waals surface area contributed by atoms with E-state index < -0.39 is 25.6 Å². The zero-order valence-electron chi connectivity index (χ0n) is 18.7. The van der Waals surface area contributed by atoms with E-state index in [0.29, 0.717) is 15.6 Å². The van der Waals surface area contributed by atoms with E-state index in [1.54, 1.807) is 53.7 Å². The highest BCUT2D eigenvalue weighted by Gasteiger charge is 2.48. The minimum atomic E-state index is -3.29. The standard InChI is InChI=1S/C19H24BrF2O4PS.C2H6/c1-7-24-27(25-8-2)19(21,22)16-14(20)13-10-12(9-11(3)15(13)28-16)17(23)26-18(4,5)6;1-2/h9-10H,7-8H2,1-6H3;1-2H3. The number of halogens is 3. The molecule has 1 aromatic carbocycles. The SMILES string of the molecule is CC.CCOP(OCC)C(F)(F)c1sc2c(C)cc(C(=O)OC(C)(C)C)cc2c1Br. The first-order valence-electron chi connectivity index (χ1n) is 9.82. The van der Waals surface area contributed by atoms with Crippen LogP contribution in [-0.4, -0.2) is 24.8 Å². The highest BCUT2D eigenvalue weighted by molar-refractivity contribution is 9.10. The summed E-state index contributed by atoms with van der Waals surface area (Å²) in [6.45, 7) is 14.7. The van der Waals surface area contributed by atoms with Crippen molar-refractivity contribution >= 4 is 51.7 Å². The van der Waals surface area contributed by atoms with Crippen LogP contribution in [0.5, 0.6) is 0 Å². The second-order valence-electron chi connectivity index (χ2n) is 7.05. The molecule has 0 aliphatic carbocycles. The van der Waals surface area contributed by atoms with E-state index in [1.165, 1.54) is 0 Å². The van der Waals surface area contributed by atoms with Crippen LogP contribution in [0.15, 0.2) is 16.6 Å². The lowest BCUT2D eigenvalue weighted by Gasteiger charge is -2.24. The van der Waals surface area contributed by atoms with Crippen molar-refractivity contribution in [1.82, 2.24) is 0 Å². The molecule has 0 aliphatic heterocycles. The quantitative estimate of drug-likeness (QED) is 0.268. The Hall–Kier alpha value is -0.660. The lowest BCUT2D eigenvalue weighted by atomic mass is 10.1. The van der Waals surface area contributed by atoms with E-state index in [4.69, 9.17) is 13.8 Å². The van der Waals surface area contributed by atoms with Crippen molar-refractivity contribution < 1.29 is 27.4 Å². The summed E-state index contributed by atoms with van der Waals surface area (Å²) in [6, 6.07) is 3.25. The molecule has 4 nitrogen and oxygen atoms in total. The minimum Gasteiger partial charge on any atom is -0.456 e. The van der Waals surface area contributed by atoms with Crippen LogP contribution in [0, 0.1) is 6.92 Å². The Morgan fingerprint density at radius 1 is 1.13 bits per heavy atom. The maximum Gasteiger partial charge on any atom is 0.349 e. The first-order chi connectivity index (χ1) is 13.9. The maximum absolute atomic E-state index is 15.2. The number of rotatable bonds is 7. The zero-order valence-corrected chi connectivity index (χ0v) is 22.0. The van der Waals surface area contributed by atoms with Gasteiger partial charge in [0.05, 0.1) is 23.7 Å². The average Bonchev–Trinajstić information content (AvgIpc) is 3.00. The summed E-state index contributed by atoms with van der Waals surface area (Å²) in [5.41, 5.74) is -2.88. The van der Waals surface area contributed by atoms with Gasteiger partial charge in [-0.05, 0) is 75.2 Å². The van der Waals surface area contributed by atoms with Crippen molar-refractivity contribution in [3.63, 3.8) is 0 Å². The largest absolute Gasteiger partial charge is 0.456 e. The first-order valence-corrected chi connectivity index (χ1v) is 12.6. The van der Waals surface area contributed by atoms with E-state index in [2.05, 4.69) is 15.9 Å². The molecule has 2 rings (SSSR count). The molecule has 2 aromatic rings. The van der Waals surface area contributed by atoms with Gasteiger partial charge in [0.25, 0.3) is 8.38 Å². The fraction of sp³-hybridized carbons (Fsp3) is 0.571. The third-order valence-corrected chi connectivity index (χ3v) is 7.86. The monoisotopic (exact) mass is 526 g/mol. The van der Waals surface area contributed by atoms with Gasteiger partial charge in [0.1, 0.15) is 5.60 Å². The Labute approximate surface area is 191 Å². The Bertz CT molecular complexity index is 859. The molecular formula is C21H30BrF2O4PS. The number of hydrogen-bond donors (Lipinski definition) is 0. The van der Waals surface area contributed by atoms with Crippen LogP contribution in [0.2, 0.25) is 0 Å².